The van der Waals surface area contributed by atoms with Crippen LogP contribution in [0.3, 0.4) is 0 Å². The van der Waals surface area contributed by atoms with Gasteiger partial charge in [0, 0.05) is 10.5 Å². The van der Waals surface area contributed by atoms with Crippen molar-refractivity contribution in [2.24, 2.45) is 0 Å². The first-order chi connectivity index (χ1) is 8.06. The van der Waals surface area contributed by atoms with Crippen LogP contribution in [-0.2, 0) is 0 Å². The van der Waals surface area contributed by atoms with Crippen LogP contribution in [0, 0.1) is 5.82 Å². The molecular formula is C10H5BrCl2FN3. The van der Waals surface area contributed by atoms with Gasteiger partial charge >= 0.3 is 0 Å². The smallest absolute Gasteiger partial charge is 0.135 e. The van der Waals surface area contributed by atoms with Gasteiger partial charge in [-0.1, -0.05) is 23.2 Å². The Morgan fingerprint density at radius 1 is 1.18 bits per heavy atom. The Balaban J connectivity index is 2.36. The zero-order valence-corrected chi connectivity index (χ0v) is 11.3. The van der Waals surface area contributed by atoms with Gasteiger partial charge in [0.05, 0.1) is 10.7 Å². The molecule has 7 heteroatoms. The van der Waals surface area contributed by atoms with Crippen LogP contribution in [0.5, 0.6) is 0 Å². The molecule has 1 N–H and O–H groups in total. The third-order valence-electron chi connectivity index (χ3n) is 1.89. The monoisotopic (exact) mass is 335 g/mol. The lowest BCUT2D eigenvalue weighted by molar-refractivity contribution is 0.627. The summed E-state index contributed by atoms with van der Waals surface area (Å²) in [6, 6.07) is 4.04. The number of nitrogens with one attached hydrogen (secondary N) is 1. The number of hydrogen-bond acceptors (Lipinski definition) is 3. The molecule has 0 saturated carbocycles. The van der Waals surface area contributed by atoms with E-state index < -0.39 is 5.82 Å². The van der Waals surface area contributed by atoms with Crippen molar-refractivity contribution in [1.29, 1.82) is 0 Å². The largest absolute Gasteiger partial charge is 0.338 e. The van der Waals surface area contributed by atoms with E-state index in [0.29, 0.717) is 21.1 Å². The van der Waals surface area contributed by atoms with Crippen LogP contribution in [-0.4, -0.2) is 9.97 Å². The van der Waals surface area contributed by atoms with Crippen molar-refractivity contribution in [2.45, 2.75) is 0 Å². The molecule has 17 heavy (non-hydrogen) atoms. The van der Waals surface area contributed by atoms with Gasteiger partial charge in [0.15, 0.2) is 0 Å². The average molecular weight is 337 g/mol. The highest BCUT2D eigenvalue weighted by Crippen LogP contribution is 2.33. The van der Waals surface area contributed by atoms with Crippen LogP contribution in [0.2, 0.25) is 10.2 Å². The van der Waals surface area contributed by atoms with Crippen LogP contribution in [0.1, 0.15) is 0 Å². The van der Waals surface area contributed by atoms with E-state index in [1.54, 1.807) is 0 Å². The van der Waals surface area contributed by atoms with Gasteiger partial charge in [-0.05, 0) is 28.1 Å². The summed E-state index contributed by atoms with van der Waals surface area (Å²) in [4.78, 5) is 7.71. The van der Waals surface area contributed by atoms with E-state index in [2.05, 4.69) is 31.2 Å². The van der Waals surface area contributed by atoms with E-state index in [4.69, 9.17) is 23.2 Å². The maximum atomic E-state index is 13.0. The highest BCUT2D eigenvalue weighted by atomic mass is 79.9. The van der Waals surface area contributed by atoms with Crippen molar-refractivity contribution in [2.75, 3.05) is 5.32 Å². The van der Waals surface area contributed by atoms with Crippen LogP contribution >= 0.6 is 39.1 Å². The van der Waals surface area contributed by atoms with Crippen LogP contribution in [0.4, 0.5) is 15.9 Å². The first-order valence-electron chi connectivity index (χ1n) is 4.45. The maximum absolute atomic E-state index is 13.0. The number of benzene rings is 1. The lowest BCUT2D eigenvalue weighted by Gasteiger charge is -2.09. The van der Waals surface area contributed by atoms with Gasteiger partial charge < -0.3 is 5.32 Å². The first kappa shape index (κ1) is 12.5. The maximum Gasteiger partial charge on any atom is 0.135 e. The van der Waals surface area contributed by atoms with Gasteiger partial charge in [-0.3, -0.25) is 0 Å². The van der Waals surface area contributed by atoms with E-state index in [-0.39, 0.29) is 5.02 Å². The Morgan fingerprint density at radius 3 is 2.59 bits per heavy atom. The molecule has 1 heterocycles. The summed E-state index contributed by atoms with van der Waals surface area (Å²) in [7, 11) is 0. The molecule has 2 aromatic rings. The molecule has 0 saturated heterocycles. The number of hydrogen-bond donors (Lipinski definition) is 1. The fourth-order valence-electron chi connectivity index (χ4n) is 1.19. The standard InChI is InChI=1S/C10H5BrCl2FN3/c11-6-1-5(14)2-7(12)10(6)17-9-3-8(13)15-4-16-9/h1-4H,(H,15,16,17). The summed E-state index contributed by atoms with van der Waals surface area (Å²) >= 11 is 14.8. The zero-order valence-electron chi connectivity index (χ0n) is 8.22. The van der Waals surface area contributed by atoms with E-state index in [0.717, 1.165) is 0 Å². The first-order valence-corrected chi connectivity index (χ1v) is 6.00. The normalized spacial score (nSPS) is 10.4. The third kappa shape index (κ3) is 3.06. The predicted octanol–water partition coefficient (Wildman–Crippen LogP) is 4.43. The van der Waals surface area contributed by atoms with Gasteiger partial charge in [0.25, 0.3) is 0 Å². The quantitative estimate of drug-likeness (QED) is 0.824. The molecule has 0 atom stereocenters. The Kier molecular flexibility index (Phi) is 3.81. The highest BCUT2D eigenvalue weighted by Gasteiger charge is 2.09. The molecule has 0 aliphatic carbocycles. The fraction of sp³-hybridized carbons (Fsp3) is 0. The van der Waals surface area contributed by atoms with Gasteiger partial charge in [-0.15, -0.1) is 0 Å². The topological polar surface area (TPSA) is 37.8 Å². The number of anilines is 2. The SMILES string of the molecule is Fc1cc(Cl)c(Nc2cc(Cl)ncn2)c(Br)c1. The second-order valence-corrected chi connectivity index (χ2v) is 4.74. The molecule has 1 aromatic carbocycles. The van der Waals surface area contributed by atoms with Crippen LogP contribution in [0.25, 0.3) is 0 Å². The summed E-state index contributed by atoms with van der Waals surface area (Å²) < 4.78 is 13.5. The summed E-state index contributed by atoms with van der Waals surface area (Å²) in [5.41, 5.74) is 0.517. The molecule has 0 aliphatic heterocycles. The van der Waals surface area contributed by atoms with Crippen molar-refractivity contribution < 1.29 is 4.39 Å². The van der Waals surface area contributed by atoms with Crippen molar-refractivity contribution in [1.82, 2.24) is 9.97 Å². The molecule has 0 fully saturated rings. The third-order valence-corrected chi connectivity index (χ3v) is 3.02. The lowest BCUT2D eigenvalue weighted by Crippen LogP contribution is -1.96. The Hall–Kier alpha value is -0.910. The fourth-order valence-corrected chi connectivity index (χ4v) is 2.24. The summed E-state index contributed by atoms with van der Waals surface area (Å²) in [5, 5.41) is 3.47. The minimum Gasteiger partial charge on any atom is -0.338 e. The molecule has 1 aromatic heterocycles. The van der Waals surface area contributed by atoms with Gasteiger partial charge in [-0.25, -0.2) is 14.4 Å². The van der Waals surface area contributed by atoms with Crippen molar-refractivity contribution in [3.63, 3.8) is 0 Å². The highest BCUT2D eigenvalue weighted by molar-refractivity contribution is 9.10. The molecular weight excluding hydrogens is 332 g/mol. The second-order valence-electron chi connectivity index (χ2n) is 3.10. The Labute approximate surface area is 115 Å². The van der Waals surface area contributed by atoms with E-state index in [1.165, 1.54) is 24.5 Å². The molecule has 0 unspecified atom stereocenters. The average Bonchev–Trinajstić information content (AvgIpc) is 2.23. The van der Waals surface area contributed by atoms with Crippen molar-refractivity contribution in [3.05, 3.63) is 45.0 Å². The minimum atomic E-state index is -0.423. The Morgan fingerprint density at radius 2 is 1.94 bits per heavy atom. The van der Waals surface area contributed by atoms with E-state index in [1.807, 2.05) is 0 Å². The molecule has 0 amide bonds. The molecule has 0 aliphatic rings. The lowest BCUT2D eigenvalue weighted by atomic mass is 10.3. The number of nitrogens with zero attached hydrogens (tertiary/aromatic N) is 2. The van der Waals surface area contributed by atoms with Crippen LogP contribution in [0.15, 0.2) is 29.0 Å². The molecule has 0 bridgehead atoms. The number of rotatable bonds is 2. The van der Waals surface area contributed by atoms with Gasteiger partial charge in [0.2, 0.25) is 0 Å². The minimum absolute atomic E-state index is 0.242. The second kappa shape index (κ2) is 5.16. The molecule has 0 radical (unpaired) electrons. The molecule has 88 valence electrons. The summed E-state index contributed by atoms with van der Waals surface area (Å²) in [6.45, 7) is 0. The van der Waals surface area contributed by atoms with Gasteiger partial charge in [0.1, 0.15) is 23.1 Å². The van der Waals surface area contributed by atoms with Gasteiger partial charge in [-0.2, -0.15) is 0 Å². The summed E-state index contributed by atoms with van der Waals surface area (Å²) in [5.74, 6) is 0.0485. The predicted molar refractivity (Wildman–Crippen MR) is 69.4 cm³/mol. The molecule has 3 nitrogen and oxygen atoms in total. The van der Waals surface area contributed by atoms with E-state index >= 15 is 0 Å². The molecule has 2 rings (SSSR count). The number of halogens is 4. The van der Waals surface area contributed by atoms with Crippen molar-refractivity contribution >= 4 is 50.6 Å². The zero-order chi connectivity index (χ0) is 12.4. The molecule has 0 spiro atoms. The summed E-state index contributed by atoms with van der Waals surface area (Å²) in [6.07, 6.45) is 1.32. The number of aromatic nitrogens is 2. The van der Waals surface area contributed by atoms with E-state index in [9.17, 15) is 4.39 Å². The van der Waals surface area contributed by atoms with Crippen LogP contribution < -0.4 is 5.32 Å². The van der Waals surface area contributed by atoms with Crippen molar-refractivity contribution in [3.8, 4) is 0 Å². The Bertz CT molecular complexity index is 542.